The van der Waals surface area contributed by atoms with Crippen molar-refractivity contribution in [3.8, 4) is 0 Å². The van der Waals surface area contributed by atoms with E-state index in [1.807, 2.05) is 16.8 Å². The molecule has 1 aromatic carbocycles. The number of amides is 2. The molecule has 2 rings (SSSR count). The van der Waals surface area contributed by atoms with E-state index in [2.05, 4.69) is 6.92 Å². The van der Waals surface area contributed by atoms with Crippen LogP contribution in [0, 0.1) is 5.92 Å². The van der Waals surface area contributed by atoms with E-state index < -0.39 is 0 Å². The molecule has 1 aromatic rings. The van der Waals surface area contributed by atoms with Crippen molar-refractivity contribution >= 4 is 17.5 Å². The minimum atomic E-state index is 0.0234. The summed E-state index contributed by atoms with van der Waals surface area (Å²) in [6, 6.07) is 7.00. The molecule has 0 unspecified atom stereocenters. The van der Waals surface area contributed by atoms with Crippen molar-refractivity contribution in [3.63, 3.8) is 0 Å². The van der Waals surface area contributed by atoms with E-state index in [-0.39, 0.29) is 17.7 Å². The van der Waals surface area contributed by atoms with Crippen molar-refractivity contribution in [2.75, 3.05) is 32.4 Å². The molecule has 1 saturated heterocycles. The number of rotatable bonds is 5. The Hall–Kier alpha value is -2.04. The van der Waals surface area contributed by atoms with Gasteiger partial charge in [0.1, 0.15) is 0 Å². The van der Waals surface area contributed by atoms with Gasteiger partial charge < -0.3 is 15.5 Å². The fourth-order valence-electron chi connectivity index (χ4n) is 2.95. The van der Waals surface area contributed by atoms with Gasteiger partial charge in [-0.3, -0.25) is 9.59 Å². The standard InChI is InChI=1S/C18H27N3O2/c1-3-4-11-20(2)17(22)15-9-12-21(13-10-15)18(23)14-5-7-16(19)8-6-14/h5-8,15H,3-4,9-13,19H2,1-2H3. The van der Waals surface area contributed by atoms with E-state index in [1.165, 1.54) is 0 Å². The molecule has 5 nitrogen and oxygen atoms in total. The summed E-state index contributed by atoms with van der Waals surface area (Å²) in [7, 11) is 1.88. The van der Waals surface area contributed by atoms with Crippen molar-refractivity contribution < 1.29 is 9.59 Å². The molecule has 0 aromatic heterocycles. The number of hydrogen-bond donors (Lipinski definition) is 1. The van der Waals surface area contributed by atoms with E-state index in [0.29, 0.717) is 24.3 Å². The third-order valence-corrected chi connectivity index (χ3v) is 4.51. The Balaban J connectivity index is 1.87. The van der Waals surface area contributed by atoms with Gasteiger partial charge in [-0.1, -0.05) is 13.3 Å². The number of carbonyl (C=O) groups is 2. The Kier molecular flexibility index (Phi) is 6.02. The number of benzene rings is 1. The van der Waals surface area contributed by atoms with Crippen molar-refractivity contribution in [3.05, 3.63) is 29.8 Å². The molecule has 1 aliphatic rings. The summed E-state index contributed by atoms with van der Waals surface area (Å²) < 4.78 is 0. The number of unbranched alkanes of at least 4 members (excludes halogenated alkanes) is 1. The number of carbonyl (C=O) groups excluding carboxylic acids is 2. The molecule has 0 atom stereocenters. The predicted octanol–water partition coefficient (Wildman–Crippen LogP) is 2.38. The summed E-state index contributed by atoms with van der Waals surface area (Å²) in [6.45, 7) is 4.22. The summed E-state index contributed by atoms with van der Waals surface area (Å²) in [4.78, 5) is 28.5. The molecule has 126 valence electrons. The largest absolute Gasteiger partial charge is 0.399 e. The molecule has 0 radical (unpaired) electrons. The van der Waals surface area contributed by atoms with Gasteiger partial charge in [0.2, 0.25) is 5.91 Å². The van der Waals surface area contributed by atoms with Gasteiger partial charge >= 0.3 is 0 Å². The van der Waals surface area contributed by atoms with Crippen LogP contribution in [0.4, 0.5) is 5.69 Å². The first-order chi connectivity index (χ1) is 11.0. The van der Waals surface area contributed by atoms with Crippen molar-refractivity contribution in [1.29, 1.82) is 0 Å². The van der Waals surface area contributed by atoms with Crippen molar-refractivity contribution in [2.24, 2.45) is 5.92 Å². The summed E-state index contributed by atoms with van der Waals surface area (Å²) in [5, 5.41) is 0. The highest BCUT2D eigenvalue weighted by Crippen LogP contribution is 2.21. The lowest BCUT2D eigenvalue weighted by molar-refractivity contribution is -0.135. The van der Waals surface area contributed by atoms with Crippen LogP contribution in [0.1, 0.15) is 43.0 Å². The highest BCUT2D eigenvalue weighted by molar-refractivity contribution is 5.94. The highest BCUT2D eigenvalue weighted by atomic mass is 16.2. The summed E-state index contributed by atoms with van der Waals surface area (Å²) in [5.74, 6) is 0.292. The Morgan fingerprint density at radius 3 is 2.39 bits per heavy atom. The molecule has 2 amide bonds. The van der Waals surface area contributed by atoms with E-state index in [4.69, 9.17) is 5.73 Å². The first-order valence-corrected chi connectivity index (χ1v) is 8.42. The van der Waals surface area contributed by atoms with Crippen LogP contribution < -0.4 is 5.73 Å². The zero-order chi connectivity index (χ0) is 16.8. The molecular formula is C18H27N3O2. The molecule has 1 heterocycles. The maximum absolute atomic E-state index is 12.5. The average molecular weight is 317 g/mol. The molecule has 0 bridgehead atoms. The van der Waals surface area contributed by atoms with Gasteiger partial charge in [0.25, 0.3) is 5.91 Å². The fourth-order valence-corrected chi connectivity index (χ4v) is 2.95. The lowest BCUT2D eigenvalue weighted by atomic mass is 9.94. The lowest BCUT2D eigenvalue weighted by Gasteiger charge is -2.33. The first-order valence-electron chi connectivity index (χ1n) is 8.42. The Morgan fingerprint density at radius 1 is 1.22 bits per heavy atom. The zero-order valence-corrected chi connectivity index (χ0v) is 14.1. The number of piperidine rings is 1. The third-order valence-electron chi connectivity index (χ3n) is 4.51. The van der Waals surface area contributed by atoms with Gasteiger partial charge in [0, 0.05) is 43.9 Å². The van der Waals surface area contributed by atoms with Crippen molar-refractivity contribution in [1.82, 2.24) is 9.80 Å². The van der Waals surface area contributed by atoms with Gasteiger partial charge in [-0.2, -0.15) is 0 Å². The van der Waals surface area contributed by atoms with Crippen LogP contribution in [-0.4, -0.2) is 48.3 Å². The Morgan fingerprint density at radius 2 is 1.83 bits per heavy atom. The van der Waals surface area contributed by atoms with Crippen LogP contribution in [-0.2, 0) is 4.79 Å². The Bertz CT molecular complexity index is 534. The molecule has 0 saturated carbocycles. The quantitative estimate of drug-likeness (QED) is 0.848. The molecule has 1 fully saturated rings. The second-order valence-electron chi connectivity index (χ2n) is 6.30. The van der Waals surface area contributed by atoms with Crippen molar-refractivity contribution in [2.45, 2.75) is 32.6 Å². The zero-order valence-electron chi connectivity index (χ0n) is 14.1. The maximum atomic E-state index is 12.5. The number of nitrogens with zero attached hydrogens (tertiary/aromatic N) is 2. The molecule has 1 aliphatic heterocycles. The summed E-state index contributed by atoms with van der Waals surface area (Å²) in [6.07, 6.45) is 3.62. The highest BCUT2D eigenvalue weighted by Gasteiger charge is 2.29. The van der Waals surface area contributed by atoms with Crippen LogP contribution in [0.3, 0.4) is 0 Å². The molecule has 5 heteroatoms. The second-order valence-corrected chi connectivity index (χ2v) is 6.30. The summed E-state index contributed by atoms with van der Waals surface area (Å²) in [5.41, 5.74) is 6.96. The van der Waals surface area contributed by atoms with E-state index in [9.17, 15) is 9.59 Å². The normalized spacial score (nSPS) is 15.5. The van der Waals surface area contributed by atoms with Crippen LogP contribution in [0.2, 0.25) is 0 Å². The number of nitrogens with two attached hydrogens (primary N) is 1. The second kappa shape index (κ2) is 7.99. The fraction of sp³-hybridized carbons (Fsp3) is 0.556. The van der Waals surface area contributed by atoms with Crippen LogP contribution >= 0.6 is 0 Å². The van der Waals surface area contributed by atoms with Gasteiger partial charge in [0.15, 0.2) is 0 Å². The minimum Gasteiger partial charge on any atom is -0.399 e. The number of anilines is 1. The number of likely N-dealkylation sites (tertiary alicyclic amines) is 1. The summed E-state index contributed by atoms with van der Waals surface area (Å²) >= 11 is 0. The lowest BCUT2D eigenvalue weighted by Crippen LogP contribution is -2.43. The predicted molar refractivity (Wildman–Crippen MR) is 92.0 cm³/mol. The minimum absolute atomic E-state index is 0.0234. The maximum Gasteiger partial charge on any atom is 0.253 e. The van der Waals surface area contributed by atoms with E-state index >= 15 is 0 Å². The first kappa shape index (κ1) is 17.3. The third kappa shape index (κ3) is 4.47. The van der Waals surface area contributed by atoms with Gasteiger partial charge in [-0.15, -0.1) is 0 Å². The molecular weight excluding hydrogens is 290 g/mol. The van der Waals surface area contributed by atoms with Crippen LogP contribution in [0.15, 0.2) is 24.3 Å². The smallest absolute Gasteiger partial charge is 0.253 e. The Labute approximate surface area is 138 Å². The molecule has 23 heavy (non-hydrogen) atoms. The molecule has 0 spiro atoms. The van der Waals surface area contributed by atoms with Crippen LogP contribution in [0.25, 0.3) is 0 Å². The van der Waals surface area contributed by atoms with Gasteiger partial charge in [-0.05, 0) is 43.5 Å². The molecule has 2 N–H and O–H groups in total. The molecule has 0 aliphatic carbocycles. The van der Waals surface area contributed by atoms with Gasteiger partial charge in [-0.25, -0.2) is 0 Å². The monoisotopic (exact) mass is 317 g/mol. The SMILES string of the molecule is CCCCN(C)C(=O)C1CCN(C(=O)c2ccc(N)cc2)CC1. The number of hydrogen-bond acceptors (Lipinski definition) is 3. The van der Waals surface area contributed by atoms with Gasteiger partial charge in [0.05, 0.1) is 0 Å². The van der Waals surface area contributed by atoms with Crippen LogP contribution in [0.5, 0.6) is 0 Å². The van der Waals surface area contributed by atoms with E-state index in [1.54, 1.807) is 24.3 Å². The average Bonchev–Trinajstić information content (AvgIpc) is 2.59. The van der Waals surface area contributed by atoms with E-state index in [0.717, 1.165) is 32.2 Å². The topological polar surface area (TPSA) is 66.6 Å². The number of nitrogen functional groups attached to an aromatic ring is 1.